The molecule has 110 valence electrons. The quantitative estimate of drug-likeness (QED) is 0.927. The number of carbonyl (C=O) groups excluding carboxylic acids is 1. The topological polar surface area (TPSA) is 66.8 Å². The molecule has 0 aliphatic rings. The van der Waals surface area contributed by atoms with Crippen LogP contribution in [0.1, 0.15) is 26.3 Å². The van der Waals surface area contributed by atoms with Gasteiger partial charge in [-0.15, -0.1) is 0 Å². The maximum absolute atomic E-state index is 12.0. The highest BCUT2D eigenvalue weighted by Crippen LogP contribution is 2.15. The lowest BCUT2D eigenvalue weighted by Gasteiger charge is -2.26. The van der Waals surface area contributed by atoms with Gasteiger partial charge in [0, 0.05) is 11.6 Å². The summed E-state index contributed by atoms with van der Waals surface area (Å²) in [6.45, 7) is 4.87. The smallest absolute Gasteiger partial charge is 0.411 e. The third-order valence-corrected chi connectivity index (χ3v) is 2.48. The summed E-state index contributed by atoms with van der Waals surface area (Å²) in [6, 6.07) is 6.90. The number of carboxylic acid groups (broad SMARTS) is 1. The third-order valence-electron chi connectivity index (χ3n) is 2.24. The normalized spacial score (nSPS) is 11.0. The van der Waals surface area contributed by atoms with E-state index < -0.39 is 24.2 Å². The first-order valence-corrected chi connectivity index (χ1v) is 6.49. The number of benzene rings is 1. The maximum Gasteiger partial charge on any atom is 0.411 e. The Kier molecular flexibility index (Phi) is 5.39. The fourth-order valence-electron chi connectivity index (χ4n) is 1.53. The van der Waals surface area contributed by atoms with Gasteiger partial charge < -0.3 is 9.84 Å². The van der Waals surface area contributed by atoms with Crippen LogP contribution in [0.25, 0.3) is 0 Å². The van der Waals surface area contributed by atoms with Crippen molar-refractivity contribution >= 4 is 23.7 Å². The van der Waals surface area contributed by atoms with Gasteiger partial charge in [0.15, 0.2) is 0 Å². The van der Waals surface area contributed by atoms with Crippen molar-refractivity contribution in [2.45, 2.75) is 32.9 Å². The lowest BCUT2D eigenvalue weighted by atomic mass is 10.2. The highest BCUT2D eigenvalue weighted by Gasteiger charge is 2.24. The number of aliphatic carboxylic acids is 1. The van der Waals surface area contributed by atoms with Gasteiger partial charge in [0.1, 0.15) is 12.1 Å². The van der Waals surface area contributed by atoms with Gasteiger partial charge >= 0.3 is 12.1 Å². The van der Waals surface area contributed by atoms with Crippen molar-refractivity contribution in [2.75, 3.05) is 6.54 Å². The largest absolute Gasteiger partial charge is 0.480 e. The zero-order chi connectivity index (χ0) is 15.3. The highest BCUT2D eigenvalue weighted by atomic mass is 35.5. The molecule has 0 radical (unpaired) electrons. The molecule has 0 aliphatic heterocycles. The average Bonchev–Trinajstić information content (AvgIpc) is 2.25. The van der Waals surface area contributed by atoms with E-state index in [0.29, 0.717) is 5.02 Å². The van der Waals surface area contributed by atoms with Gasteiger partial charge in [0.2, 0.25) is 0 Å². The van der Waals surface area contributed by atoms with Crippen molar-refractivity contribution in [1.82, 2.24) is 4.90 Å². The minimum atomic E-state index is -1.10. The lowest BCUT2D eigenvalue weighted by Crippen LogP contribution is -2.39. The number of ether oxygens (including phenoxy) is 1. The zero-order valence-electron chi connectivity index (χ0n) is 11.7. The van der Waals surface area contributed by atoms with Crippen LogP contribution in [0, 0.1) is 0 Å². The fourth-order valence-corrected chi connectivity index (χ4v) is 1.74. The van der Waals surface area contributed by atoms with Crippen LogP contribution in [0.5, 0.6) is 0 Å². The molecule has 0 saturated carbocycles. The summed E-state index contributed by atoms with van der Waals surface area (Å²) in [5.41, 5.74) is 0.0620. The van der Waals surface area contributed by atoms with Crippen LogP contribution in [0.4, 0.5) is 4.79 Å². The van der Waals surface area contributed by atoms with E-state index in [-0.39, 0.29) is 6.54 Å². The Hall–Kier alpha value is -1.75. The second-order valence-corrected chi connectivity index (χ2v) is 5.80. The van der Waals surface area contributed by atoms with E-state index in [1.54, 1.807) is 45.0 Å². The van der Waals surface area contributed by atoms with Crippen molar-refractivity contribution in [1.29, 1.82) is 0 Å². The molecule has 0 atom stereocenters. The van der Waals surface area contributed by atoms with Crippen LogP contribution in [-0.2, 0) is 16.1 Å². The standard InChI is InChI=1S/C14H18ClNO4/c1-14(2,3)20-13(19)16(9-12(17)18)8-10-5-4-6-11(15)7-10/h4-7H,8-9H2,1-3H3,(H,17,18). The van der Waals surface area contributed by atoms with Crippen LogP contribution < -0.4 is 0 Å². The summed E-state index contributed by atoms with van der Waals surface area (Å²) < 4.78 is 5.19. The predicted octanol–water partition coefficient (Wildman–Crippen LogP) is 3.16. The van der Waals surface area contributed by atoms with Gasteiger partial charge in [0.25, 0.3) is 0 Å². The Morgan fingerprint density at radius 2 is 2.00 bits per heavy atom. The first-order chi connectivity index (χ1) is 9.17. The van der Waals surface area contributed by atoms with Gasteiger partial charge in [-0.1, -0.05) is 23.7 Å². The molecule has 1 N–H and O–H groups in total. The molecule has 1 amide bonds. The molecular weight excluding hydrogens is 282 g/mol. The Morgan fingerprint density at radius 3 is 2.50 bits per heavy atom. The first-order valence-electron chi connectivity index (χ1n) is 6.11. The van der Waals surface area contributed by atoms with E-state index in [2.05, 4.69) is 0 Å². The van der Waals surface area contributed by atoms with E-state index in [1.807, 2.05) is 0 Å². The van der Waals surface area contributed by atoms with E-state index in [0.717, 1.165) is 10.5 Å². The van der Waals surface area contributed by atoms with Crippen LogP contribution in [0.3, 0.4) is 0 Å². The molecule has 0 saturated heterocycles. The van der Waals surface area contributed by atoms with E-state index in [9.17, 15) is 9.59 Å². The summed E-state index contributed by atoms with van der Waals surface area (Å²) in [7, 11) is 0. The molecule has 0 aliphatic carbocycles. The molecule has 6 heteroatoms. The molecule has 1 aromatic carbocycles. The molecule has 1 rings (SSSR count). The number of halogens is 1. The third kappa shape index (κ3) is 5.93. The Labute approximate surface area is 123 Å². The minimum Gasteiger partial charge on any atom is -0.480 e. The molecule has 0 fully saturated rings. The Balaban J connectivity index is 2.84. The minimum absolute atomic E-state index is 0.127. The van der Waals surface area contributed by atoms with Crippen LogP contribution >= 0.6 is 11.6 Å². The van der Waals surface area contributed by atoms with Gasteiger partial charge in [0.05, 0.1) is 0 Å². The molecule has 0 heterocycles. The summed E-state index contributed by atoms with van der Waals surface area (Å²) >= 11 is 5.87. The summed E-state index contributed by atoms with van der Waals surface area (Å²) in [4.78, 5) is 24.0. The van der Waals surface area contributed by atoms with E-state index >= 15 is 0 Å². The number of amides is 1. The van der Waals surface area contributed by atoms with Gasteiger partial charge in [-0.3, -0.25) is 9.69 Å². The SMILES string of the molecule is CC(C)(C)OC(=O)N(CC(=O)O)Cc1cccc(Cl)c1. The van der Waals surface area contributed by atoms with Crippen molar-refractivity contribution in [3.8, 4) is 0 Å². The van der Waals surface area contributed by atoms with Gasteiger partial charge in [-0.2, -0.15) is 0 Å². The second-order valence-electron chi connectivity index (χ2n) is 5.36. The summed E-state index contributed by atoms with van der Waals surface area (Å²) in [6.07, 6.45) is -0.667. The molecule has 1 aromatic rings. The molecule has 0 spiro atoms. The fraction of sp³-hybridized carbons (Fsp3) is 0.429. The highest BCUT2D eigenvalue weighted by molar-refractivity contribution is 6.30. The monoisotopic (exact) mass is 299 g/mol. The molecule has 0 unspecified atom stereocenters. The van der Waals surface area contributed by atoms with E-state index in [1.165, 1.54) is 0 Å². The second kappa shape index (κ2) is 6.61. The number of carbonyl (C=O) groups is 2. The zero-order valence-corrected chi connectivity index (χ0v) is 12.5. The summed E-state index contributed by atoms with van der Waals surface area (Å²) in [5, 5.41) is 9.42. The molecule has 20 heavy (non-hydrogen) atoms. The number of hydrogen-bond acceptors (Lipinski definition) is 3. The van der Waals surface area contributed by atoms with Gasteiger partial charge in [-0.05, 0) is 38.5 Å². The molecule has 0 aromatic heterocycles. The molecule has 5 nitrogen and oxygen atoms in total. The van der Waals surface area contributed by atoms with E-state index in [4.69, 9.17) is 21.4 Å². The predicted molar refractivity (Wildman–Crippen MR) is 75.7 cm³/mol. The number of rotatable bonds is 4. The molecule has 0 bridgehead atoms. The van der Waals surface area contributed by atoms with Crippen LogP contribution in [0.2, 0.25) is 5.02 Å². The van der Waals surface area contributed by atoms with Crippen molar-refractivity contribution in [3.63, 3.8) is 0 Å². The Bertz CT molecular complexity index is 496. The number of hydrogen-bond donors (Lipinski definition) is 1. The maximum atomic E-state index is 12.0. The van der Waals surface area contributed by atoms with Crippen LogP contribution in [0.15, 0.2) is 24.3 Å². The average molecular weight is 300 g/mol. The first kappa shape index (κ1) is 16.3. The van der Waals surface area contributed by atoms with Crippen molar-refractivity contribution in [2.24, 2.45) is 0 Å². The van der Waals surface area contributed by atoms with Gasteiger partial charge in [-0.25, -0.2) is 4.79 Å². The van der Waals surface area contributed by atoms with Crippen molar-refractivity contribution < 1.29 is 19.4 Å². The lowest BCUT2D eigenvalue weighted by molar-refractivity contribution is -0.138. The number of carboxylic acids is 1. The van der Waals surface area contributed by atoms with Crippen LogP contribution in [-0.4, -0.2) is 34.2 Å². The van der Waals surface area contributed by atoms with Crippen molar-refractivity contribution in [3.05, 3.63) is 34.9 Å². The summed E-state index contributed by atoms with van der Waals surface area (Å²) in [5.74, 6) is -1.10. The molecular formula is C14H18ClNO4. The Morgan fingerprint density at radius 1 is 1.35 bits per heavy atom. The number of nitrogens with zero attached hydrogens (tertiary/aromatic N) is 1.